The van der Waals surface area contributed by atoms with Gasteiger partial charge in [-0.2, -0.15) is 0 Å². The van der Waals surface area contributed by atoms with E-state index in [1.165, 1.54) is 12.0 Å². The number of nitrogens with one attached hydrogen (secondary N) is 1. The van der Waals surface area contributed by atoms with Crippen molar-refractivity contribution in [2.24, 2.45) is 0 Å². The molecule has 0 aliphatic carbocycles. The molecule has 34 heavy (non-hydrogen) atoms. The zero-order valence-electron chi connectivity index (χ0n) is 19.7. The molecule has 5 heterocycles. The summed E-state index contributed by atoms with van der Waals surface area (Å²) in [6, 6.07) is 5.96. The van der Waals surface area contributed by atoms with Crippen LogP contribution in [0.2, 0.25) is 0 Å². The maximum absolute atomic E-state index is 10.2. The number of aromatic nitrogens is 4. The second-order valence-corrected chi connectivity index (χ2v) is 9.26. The summed E-state index contributed by atoms with van der Waals surface area (Å²) in [5, 5.41) is 23.4. The second-order valence-electron chi connectivity index (χ2n) is 9.26. The van der Waals surface area contributed by atoms with Crippen molar-refractivity contribution in [2.75, 3.05) is 43.0 Å². The van der Waals surface area contributed by atoms with Gasteiger partial charge in [-0.1, -0.05) is 6.07 Å². The number of pyridine rings is 2. The number of nitrogens with zero attached hydrogens (tertiary/aromatic N) is 6. The third-order valence-corrected chi connectivity index (χ3v) is 6.65. The molecule has 1 unspecified atom stereocenters. The van der Waals surface area contributed by atoms with Gasteiger partial charge in [-0.3, -0.25) is 4.90 Å². The van der Waals surface area contributed by atoms with E-state index >= 15 is 0 Å². The van der Waals surface area contributed by atoms with Crippen molar-refractivity contribution in [1.29, 1.82) is 0 Å². The van der Waals surface area contributed by atoms with Gasteiger partial charge in [0.1, 0.15) is 11.3 Å². The van der Waals surface area contributed by atoms with Crippen molar-refractivity contribution in [3.8, 4) is 0 Å². The molecule has 0 radical (unpaired) electrons. The molecule has 1 saturated heterocycles. The van der Waals surface area contributed by atoms with Crippen LogP contribution in [-0.4, -0.2) is 67.8 Å². The van der Waals surface area contributed by atoms with Crippen LogP contribution >= 0.6 is 0 Å². The highest BCUT2D eigenvalue weighted by molar-refractivity contribution is 5.89. The molecular formula is C25H33N7O2. The molecule has 2 aliphatic rings. The van der Waals surface area contributed by atoms with Crippen LogP contribution in [0.1, 0.15) is 55.7 Å². The number of anilines is 3. The maximum Gasteiger partial charge on any atom is 0.229 e. The number of fused-ring (bicyclic) bond motifs is 2. The first kappa shape index (κ1) is 22.9. The van der Waals surface area contributed by atoms with Gasteiger partial charge in [0.25, 0.3) is 0 Å². The van der Waals surface area contributed by atoms with Crippen molar-refractivity contribution in [1.82, 2.24) is 24.8 Å². The zero-order valence-corrected chi connectivity index (χ0v) is 19.7. The Labute approximate surface area is 199 Å². The molecule has 2 aliphatic heterocycles. The lowest BCUT2D eigenvalue weighted by Gasteiger charge is -2.29. The highest BCUT2D eigenvalue weighted by atomic mass is 16.3. The Morgan fingerprint density at radius 2 is 1.94 bits per heavy atom. The monoisotopic (exact) mass is 463 g/mol. The van der Waals surface area contributed by atoms with E-state index in [9.17, 15) is 5.11 Å². The van der Waals surface area contributed by atoms with Crippen LogP contribution in [0.4, 0.5) is 17.6 Å². The average Bonchev–Trinajstić information content (AvgIpc) is 2.87. The predicted octanol–water partition coefficient (Wildman–Crippen LogP) is 2.95. The van der Waals surface area contributed by atoms with E-state index in [-0.39, 0.29) is 6.61 Å². The summed E-state index contributed by atoms with van der Waals surface area (Å²) in [6.07, 6.45) is 6.33. The first-order valence-corrected chi connectivity index (χ1v) is 12.3. The molecule has 3 aromatic rings. The molecule has 0 saturated carbocycles. The minimum atomic E-state index is -0.648. The van der Waals surface area contributed by atoms with Gasteiger partial charge < -0.3 is 20.4 Å². The molecule has 5 rings (SSSR count). The molecule has 180 valence electrons. The number of aliphatic hydroxyl groups excluding tert-OH is 2. The lowest BCUT2D eigenvalue weighted by Crippen LogP contribution is -2.32. The Morgan fingerprint density at radius 1 is 1.09 bits per heavy atom. The molecule has 3 aromatic heterocycles. The minimum Gasteiger partial charge on any atom is -0.396 e. The molecule has 1 fully saturated rings. The molecular weight excluding hydrogens is 430 g/mol. The summed E-state index contributed by atoms with van der Waals surface area (Å²) in [6.45, 7) is 6.58. The van der Waals surface area contributed by atoms with Crippen LogP contribution in [-0.2, 0) is 13.0 Å². The Hall–Kier alpha value is -2.88. The van der Waals surface area contributed by atoms with E-state index in [4.69, 9.17) is 20.1 Å². The quantitative estimate of drug-likeness (QED) is 0.487. The lowest BCUT2D eigenvalue weighted by atomic mass is 10.1. The smallest absolute Gasteiger partial charge is 0.229 e. The summed E-state index contributed by atoms with van der Waals surface area (Å²) in [5.74, 6) is 2.04. The van der Waals surface area contributed by atoms with E-state index in [1.807, 2.05) is 12.1 Å². The standard InChI is InChI=1S/C25H33N7O2/c1-17(34)21-14-19-15-26-25(30-23(19)24(28-21)32-10-3-2-4-11-32)29-22-7-6-18-16-31(9-5-13-33)12-8-20(18)27-22/h6-7,14-15,17,33-34H,2-5,8-13,16H2,1H3,(H,26,27,29,30). The van der Waals surface area contributed by atoms with Crippen LogP contribution in [0.15, 0.2) is 24.4 Å². The van der Waals surface area contributed by atoms with Crippen LogP contribution in [0.3, 0.4) is 0 Å². The summed E-state index contributed by atoms with van der Waals surface area (Å²) in [7, 11) is 0. The summed E-state index contributed by atoms with van der Waals surface area (Å²) < 4.78 is 0. The van der Waals surface area contributed by atoms with Gasteiger partial charge in [-0.05, 0) is 50.3 Å². The average molecular weight is 464 g/mol. The van der Waals surface area contributed by atoms with Gasteiger partial charge in [0.2, 0.25) is 5.95 Å². The highest BCUT2D eigenvalue weighted by Crippen LogP contribution is 2.29. The van der Waals surface area contributed by atoms with Crippen molar-refractivity contribution < 1.29 is 10.2 Å². The van der Waals surface area contributed by atoms with Gasteiger partial charge in [-0.25, -0.2) is 19.9 Å². The fourth-order valence-electron chi connectivity index (χ4n) is 4.79. The lowest BCUT2D eigenvalue weighted by molar-refractivity contribution is 0.194. The predicted molar refractivity (Wildman–Crippen MR) is 132 cm³/mol. The molecule has 1 atom stereocenters. The summed E-state index contributed by atoms with van der Waals surface area (Å²) in [5.41, 5.74) is 3.77. The van der Waals surface area contributed by atoms with Crippen LogP contribution < -0.4 is 10.2 Å². The molecule has 0 amide bonds. The number of hydrogen-bond donors (Lipinski definition) is 3. The van der Waals surface area contributed by atoms with Crippen molar-refractivity contribution in [3.05, 3.63) is 41.3 Å². The van der Waals surface area contributed by atoms with E-state index < -0.39 is 6.10 Å². The summed E-state index contributed by atoms with van der Waals surface area (Å²) >= 11 is 0. The second kappa shape index (κ2) is 10.2. The van der Waals surface area contributed by atoms with E-state index in [0.717, 1.165) is 86.6 Å². The molecule has 0 bridgehead atoms. The van der Waals surface area contributed by atoms with Gasteiger partial charge in [0.15, 0.2) is 5.82 Å². The summed E-state index contributed by atoms with van der Waals surface area (Å²) in [4.78, 5) is 23.6. The first-order chi connectivity index (χ1) is 16.6. The topological polar surface area (TPSA) is 111 Å². The maximum atomic E-state index is 10.2. The van der Waals surface area contributed by atoms with Crippen LogP contribution in [0.5, 0.6) is 0 Å². The van der Waals surface area contributed by atoms with Crippen molar-refractivity contribution >= 4 is 28.5 Å². The Balaban J connectivity index is 1.41. The number of rotatable bonds is 7. The highest BCUT2D eigenvalue weighted by Gasteiger charge is 2.20. The zero-order chi connectivity index (χ0) is 23.5. The minimum absolute atomic E-state index is 0.228. The third kappa shape index (κ3) is 4.96. The van der Waals surface area contributed by atoms with Gasteiger partial charge in [-0.15, -0.1) is 0 Å². The molecule has 9 nitrogen and oxygen atoms in total. The fourth-order valence-corrected chi connectivity index (χ4v) is 4.79. The Morgan fingerprint density at radius 3 is 2.74 bits per heavy atom. The van der Waals surface area contributed by atoms with E-state index in [0.29, 0.717) is 11.6 Å². The fraction of sp³-hybridized carbons (Fsp3) is 0.520. The molecule has 3 N–H and O–H groups in total. The third-order valence-electron chi connectivity index (χ3n) is 6.65. The SMILES string of the molecule is CC(O)c1cc2cnc(Nc3ccc4c(n3)CCN(CCCO)C4)nc2c(N2CCCCC2)n1. The molecule has 0 aromatic carbocycles. The van der Waals surface area contributed by atoms with Crippen molar-refractivity contribution in [2.45, 2.75) is 51.7 Å². The largest absolute Gasteiger partial charge is 0.396 e. The van der Waals surface area contributed by atoms with E-state index in [2.05, 4.69) is 26.2 Å². The van der Waals surface area contributed by atoms with E-state index in [1.54, 1.807) is 13.1 Å². The number of aliphatic hydroxyl groups is 2. The van der Waals surface area contributed by atoms with Crippen LogP contribution in [0, 0.1) is 0 Å². The van der Waals surface area contributed by atoms with Crippen LogP contribution in [0.25, 0.3) is 10.9 Å². The molecule has 9 heteroatoms. The Kier molecular flexibility index (Phi) is 6.85. The molecule has 0 spiro atoms. The van der Waals surface area contributed by atoms with Gasteiger partial charge >= 0.3 is 0 Å². The normalized spacial score (nSPS) is 17.6. The number of hydrogen-bond acceptors (Lipinski definition) is 9. The van der Waals surface area contributed by atoms with Gasteiger partial charge in [0, 0.05) is 63.0 Å². The van der Waals surface area contributed by atoms with Gasteiger partial charge in [0.05, 0.1) is 11.8 Å². The number of piperidine rings is 1. The van der Waals surface area contributed by atoms with Crippen molar-refractivity contribution in [3.63, 3.8) is 0 Å². The Bertz CT molecular complexity index is 1150. The first-order valence-electron chi connectivity index (χ1n) is 12.3.